The number of hydrogen-bond donors (Lipinski definition) is 1. The maximum atomic E-state index is 5.97. The van der Waals surface area contributed by atoms with Crippen LogP contribution in [0.5, 0.6) is 5.88 Å². The summed E-state index contributed by atoms with van der Waals surface area (Å²) in [5.74, 6) is 1.39. The standard InChI is InChI=1S/C17H28N2O2/c1-13(2)10-18-11-14-7-8-17(19-12-14)21-16-6-4-5-15(9-16)20-3/h7-8,12-13,15-16,18H,4-6,9-11H2,1-3H3. The number of nitrogens with one attached hydrogen (secondary N) is 1. The highest BCUT2D eigenvalue weighted by atomic mass is 16.5. The van der Waals surface area contributed by atoms with Crippen molar-refractivity contribution in [3.05, 3.63) is 23.9 Å². The van der Waals surface area contributed by atoms with Crippen molar-refractivity contribution >= 4 is 0 Å². The van der Waals surface area contributed by atoms with Gasteiger partial charge >= 0.3 is 0 Å². The van der Waals surface area contributed by atoms with E-state index in [0.29, 0.717) is 12.0 Å². The molecule has 4 nitrogen and oxygen atoms in total. The molecule has 1 aromatic rings. The number of pyridine rings is 1. The fraction of sp³-hybridized carbons (Fsp3) is 0.706. The van der Waals surface area contributed by atoms with Crippen LogP contribution in [0.3, 0.4) is 0 Å². The second kappa shape index (κ2) is 8.35. The Balaban J connectivity index is 1.79. The van der Waals surface area contributed by atoms with Gasteiger partial charge in [-0.15, -0.1) is 0 Å². The monoisotopic (exact) mass is 292 g/mol. The molecule has 21 heavy (non-hydrogen) atoms. The van der Waals surface area contributed by atoms with Crippen molar-refractivity contribution in [1.82, 2.24) is 10.3 Å². The normalized spacial score (nSPS) is 22.5. The first-order valence-corrected chi connectivity index (χ1v) is 8.02. The molecule has 0 radical (unpaired) electrons. The van der Waals surface area contributed by atoms with Crippen LogP contribution < -0.4 is 10.1 Å². The van der Waals surface area contributed by atoms with Crippen LogP contribution in [0.25, 0.3) is 0 Å². The largest absolute Gasteiger partial charge is 0.474 e. The molecule has 2 unspecified atom stereocenters. The second-order valence-electron chi connectivity index (χ2n) is 6.29. The van der Waals surface area contributed by atoms with Crippen LogP contribution in [-0.2, 0) is 11.3 Å². The van der Waals surface area contributed by atoms with E-state index in [-0.39, 0.29) is 6.10 Å². The summed E-state index contributed by atoms with van der Waals surface area (Å²) in [6.07, 6.45) is 6.85. The smallest absolute Gasteiger partial charge is 0.213 e. The van der Waals surface area contributed by atoms with Crippen LogP contribution in [0.1, 0.15) is 45.1 Å². The second-order valence-corrected chi connectivity index (χ2v) is 6.29. The molecule has 1 aliphatic rings. The van der Waals surface area contributed by atoms with Gasteiger partial charge in [0.1, 0.15) is 6.10 Å². The fourth-order valence-electron chi connectivity index (χ4n) is 2.68. The van der Waals surface area contributed by atoms with Crippen molar-refractivity contribution in [1.29, 1.82) is 0 Å². The molecule has 4 heteroatoms. The van der Waals surface area contributed by atoms with E-state index < -0.39 is 0 Å². The summed E-state index contributed by atoms with van der Waals surface area (Å²) in [7, 11) is 1.78. The Labute approximate surface area is 128 Å². The summed E-state index contributed by atoms with van der Waals surface area (Å²) in [6, 6.07) is 4.06. The number of rotatable bonds is 7. The van der Waals surface area contributed by atoms with Gasteiger partial charge in [-0.1, -0.05) is 19.9 Å². The summed E-state index contributed by atoms with van der Waals surface area (Å²) in [4.78, 5) is 4.42. The van der Waals surface area contributed by atoms with Gasteiger partial charge in [-0.05, 0) is 37.3 Å². The van der Waals surface area contributed by atoms with Gasteiger partial charge < -0.3 is 14.8 Å². The van der Waals surface area contributed by atoms with E-state index in [4.69, 9.17) is 9.47 Å². The van der Waals surface area contributed by atoms with E-state index in [1.807, 2.05) is 12.3 Å². The number of ether oxygens (including phenoxy) is 2. The first kappa shape index (κ1) is 16.2. The predicted octanol–water partition coefficient (Wildman–Crippen LogP) is 3.16. The molecule has 1 saturated carbocycles. The summed E-state index contributed by atoms with van der Waals surface area (Å²) in [6.45, 7) is 6.30. The Hall–Kier alpha value is -1.13. The minimum atomic E-state index is 0.237. The maximum Gasteiger partial charge on any atom is 0.213 e. The summed E-state index contributed by atoms with van der Waals surface area (Å²) < 4.78 is 11.4. The predicted molar refractivity (Wildman–Crippen MR) is 84.5 cm³/mol. The Kier molecular flexibility index (Phi) is 6.46. The van der Waals surface area contributed by atoms with Crippen molar-refractivity contribution in [3.63, 3.8) is 0 Å². The van der Waals surface area contributed by atoms with Crippen molar-refractivity contribution < 1.29 is 9.47 Å². The average molecular weight is 292 g/mol. The maximum absolute atomic E-state index is 5.97. The van der Waals surface area contributed by atoms with Crippen LogP contribution >= 0.6 is 0 Å². The van der Waals surface area contributed by atoms with E-state index in [0.717, 1.165) is 38.2 Å². The Morgan fingerprint density at radius 1 is 1.29 bits per heavy atom. The van der Waals surface area contributed by atoms with Crippen LogP contribution in [0.2, 0.25) is 0 Å². The van der Waals surface area contributed by atoms with Gasteiger partial charge in [0, 0.05) is 32.3 Å². The lowest BCUT2D eigenvalue weighted by Gasteiger charge is -2.28. The minimum absolute atomic E-state index is 0.237. The Morgan fingerprint density at radius 3 is 2.76 bits per heavy atom. The van der Waals surface area contributed by atoms with Gasteiger partial charge in [0.15, 0.2) is 0 Å². The molecule has 0 bridgehead atoms. The molecule has 0 aliphatic heterocycles. The van der Waals surface area contributed by atoms with Gasteiger partial charge in [-0.25, -0.2) is 4.98 Å². The third-order valence-corrected chi connectivity index (χ3v) is 3.88. The molecule has 1 heterocycles. The SMILES string of the molecule is COC1CCCC(Oc2ccc(CNCC(C)C)cn2)C1. The van der Waals surface area contributed by atoms with E-state index in [1.54, 1.807) is 7.11 Å². The first-order valence-electron chi connectivity index (χ1n) is 8.02. The average Bonchev–Trinajstić information content (AvgIpc) is 2.49. The molecule has 1 fully saturated rings. The molecule has 0 spiro atoms. The summed E-state index contributed by atoms with van der Waals surface area (Å²) in [5.41, 5.74) is 1.20. The molecule has 1 aromatic heterocycles. The topological polar surface area (TPSA) is 43.4 Å². The molecule has 2 rings (SSSR count). The minimum Gasteiger partial charge on any atom is -0.474 e. The third kappa shape index (κ3) is 5.64. The first-order chi connectivity index (χ1) is 10.2. The molecule has 0 saturated heterocycles. The quantitative estimate of drug-likeness (QED) is 0.838. The van der Waals surface area contributed by atoms with Gasteiger partial charge in [0.05, 0.1) is 6.10 Å². The molecule has 118 valence electrons. The highest BCUT2D eigenvalue weighted by molar-refractivity contribution is 5.18. The number of aromatic nitrogens is 1. The molecule has 0 aromatic carbocycles. The fourth-order valence-corrected chi connectivity index (χ4v) is 2.68. The zero-order chi connectivity index (χ0) is 15.1. The number of hydrogen-bond acceptors (Lipinski definition) is 4. The van der Waals surface area contributed by atoms with Gasteiger partial charge in [-0.2, -0.15) is 0 Å². The lowest BCUT2D eigenvalue weighted by atomic mass is 9.95. The summed E-state index contributed by atoms with van der Waals surface area (Å²) >= 11 is 0. The molecule has 0 amide bonds. The van der Waals surface area contributed by atoms with Crippen molar-refractivity contribution in [2.45, 2.75) is 58.3 Å². The molecule has 1 N–H and O–H groups in total. The van der Waals surface area contributed by atoms with E-state index in [2.05, 4.69) is 30.2 Å². The molecule has 2 atom stereocenters. The molecular weight excluding hydrogens is 264 g/mol. The van der Waals surface area contributed by atoms with E-state index >= 15 is 0 Å². The van der Waals surface area contributed by atoms with E-state index in [9.17, 15) is 0 Å². The lowest BCUT2D eigenvalue weighted by Crippen LogP contribution is -2.29. The van der Waals surface area contributed by atoms with Crippen molar-refractivity contribution in [2.24, 2.45) is 5.92 Å². The Bertz CT molecular complexity index is 406. The highest BCUT2D eigenvalue weighted by Gasteiger charge is 2.23. The van der Waals surface area contributed by atoms with Crippen LogP contribution in [-0.4, -0.2) is 30.8 Å². The molecular formula is C17H28N2O2. The van der Waals surface area contributed by atoms with Crippen LogP contribution in [0.4, 0.5) is 0 Å². The van der Waals surface area contributed by atoms with E-state index in [1.165, 1.54) is 12.0 Å². The van der Waals surface area contributed by atoms with Crippen LogP contribution in [0.15, 0.2) is 18.3 Å². The summed E-state index contributed by atoms with van der Waals surface area (Å²) in [5, 5.41) is 3.42. The third-order valence-electron chi connectivity index (χ3n) is 3.88. The Morgan fingerprint density at radius 2 is 2.10 bits per heavy atom. The van der Waals surface area contributed by atoms with Gasteiger partial charge in [-0.3, -0.25) is 0 Å². The number of methoxy groups -OCH3 is 1. The van der Waals surface area contributed by atoms with Crippen LogP contribution in [0, 0.1) is 5.92 Å². The number of nitrogens with zero attached hydrogens (tertiary/aromatic N) is 1. The van der Waals surface area contributed by atoms with Crippen molar-refractivity contribution in [2.75, 3.05) is 13.7 Å². The van der Waals surface area contributed by atoms with Gasteiger partial charge in [0.2, 0.25) is 5.88 Å². The highest BCUT2D eigenvalue weighted by Crippen LogP contribution is 2.24. The zero-order valence-corrected chi connectivity index (χ0v) is 13.5. The zero-order valence-electron chi connectivity index (χ0n) is 13.5. The molecule has 1 aliphatic carbocycles. The lowest BCUT2D eigenvalue weighted by molar-refractivity contribution is 0.0195. The van der Waals surface area contributed by atoms with Crippen molar-refractivity contribution in [3.8, 4) is 5.88 Å². The van der Waals surface area contributed by atoms with Gasteiger partial charge in [0.25, 0.3) is 0 Å².